The van der Waals surface area contributed by atoms with Gasteiger partial charge in [-0.3, -0.25) is 0 Å². The fraction of sp³-hybridized carbons (Fsp3) is 0.412. The van der Waals surface area contributed by atoms with Crippen molar-refractivity contribution >= 4 is 16.6 Å². The number of H-pyrrole nitrogens is 1. The Bertz CT molecular complexity index is 687. The molecule has 1 saturated heterocycles. The molecule has 1 unspecified atom stereocenters. The molecule has 0 amide bonds. The first-order chi connectivity index (χ1) is 10.6. The zero-order valence-corrected chi connectivity index (χ0v) is 12.9. The second kappa shape index (κ2) is 6.02. The van der Waals surface area contributed by atoms with Crippen LogP contribution in [0.25, 0.3) is 10.9 Å². The van der Waals surface area contributed by atoms with E-state index in [-0.39, 0.29) is 5.76 Å². The van der Waals surface area contributed by atoms with Crippen molar-refractivity contribution < 1.29 is 9.84 Å². The third kappa shape index (κ3) is 2.82. The Hall–Kier alpha value is -1.98. The summed E-state index contributed by atoms with van der Waals surface area (Å²) in [5.41, 5.74) is 10.5. The van der Waals surface area contributed by atoms with Gasteiger partial charge in [0.25, 0.3) is 0 Å². The van der Waals surface area contributed by atoms with Gasteiger partial charge in [-0.25, -0.2) is 0 Å². The predicted octanol–water partition coefficient (Wildman–Crippen LogP) is 2.25. The fourth-order valence-electron chi connectivity index (χ4n) is 2.99. The highest BCUT2D eigenvalue weighted by Gasteiger charge is 2.16. The average molecular weight is 301 g/mol. The Morgan fingerprint density at radius 3 is 2.86 bits per heavy atom. The Kier molecular flexibility index (Phi) is 4.09. The maximum atomic E-state index is 9.49. The van der Waals surface area contributed by atoms with Crippen LogP contribution in [-0.4, -0.2) is 42.4 Å². The number of fused-ring (bicyclic) bond motifs is 1. The number of nitrogens with two attached hydrogens (primary N) is 1. The molecule has 5 nitrogen and oxygen atoms in total. The third-order valence-electron chi connectivity index (χ3n) is 4.33. The van der Waals surface area contributed by atoms with Gasteiger partial charge in [-0.2, -0.15) is 0 Å². The SMILES string of the molecule is C=C(O)C(N)Cc1c(C)[nH]c2ccc(N3CCOCC3)cc12. The number of benzene rings is 1. The highest BCUT2D eigenvalue weighted by Crippen LogP contribution is 2.28. The van der Waals surface area contributed by atoms with Crippen LogP contribution in [0.15, 0.2) is 30.5 Å². The molecule has 22 heavy (non-hydrogen) atoms. The summed E-state index contributed by atoms with van der Waals surface area (Å²) in [6, 6.07) is 6.00. The Labute approximate surface area is 130 Å². The van der Waals surface area contributed by atoms with E-state index in [1.807, 2.05) is 6.92 Å². The number of nitrogens with one attached hydrogen (secondary N) is 1. The lowest BCUT2D eigenvalue weighted by Gasteiger charge is -2.29. The van der Waals surface area contributed by atoms with Gasteiger partial charge in [-0.05, 0) is 37.1 Å². The third-order valence-corrected chi connectivity index (χ3v) is 4.33. The van der Waals surface area contributed by atoms with Gasteiger partial charge < -0.3 is 25.5 Å². The number of aliphatic hydroxyl groups excluding tert-OH is 1. The lowest BCUT2D eigenvalue weighted by Crippen LogP contribution is -2.36. The number of hydrogen-bond donors (Lipinski definition) is 3. The summed E-state index contributed by atoms with van der Waals surface area (Å²) >= 11 is 0. The lowest BCUT2D eigenvalue weighted by molar-refractivity contribution is 0.122. The molecule has 0 aliphatic carbocycles. The van der Waals surface area contributed by atoms with Gasteiger partial charge in [-0.1, -0.05) is 6.58 Å². The largest absolute Gasteiger partial charge is 0.511 e. The smallest absolute Gasteiger partial charge is 0.102 e. The van der Waals surface area contributed by atoms with E-state index >= 15 is 0 Å². The van der Waals surface area contributed by atoms with E-state index in [0.29, 0.717) is 6.42 Å². The van der Waals surface area contributed by atoms with Crippen molar-refractivity contribution in [2.45, 2.75) is 19.4 Å². The van der Waals surface area contributed by atoms with Gasteiger partial charge in [0.1, 0.15) is 5.76 Å². The van der Waals surface area contributed by atoms with E-state index in [2.05, 4.69) is 34.7 Å². The first kappa shape index (κ1) is 14.9. The molecule has 0 saturated carbocycles. The van der Waals surface area contributed by atoms with E-state index < -0.39 is 6.04 Å². The van der Waals surface area contributed by atoms with Crippen LogP contribution in [0.5, 0.6) is 0 Å². The van der Waals surface area contributed by atoms with Crippen molar-refractivity contribution in [3.05, 3.63) is 41.8 Å². The van der Waals surface area contributed by atoms with Crippen LogP contribution < -0.4 is 10.6 Å². The van der Waals surface area contributed by atoms with E-state index in [9.17, 15) is 5.11 Å². The molecule has 2 heterocycles. The zero-order chi connectivity index (χ0) is 15.7. The molecule has 3 rings (SSSR count). The Morgan fingerprint density at radius 2 is 2.18 bits per heavy atom. The number of morpholine rings is 1. The summed E-state index contributed by atoms with van der Waals surface area (Å²) in [6.45, 7) is 8.94. The molecule has 1 aliphatic heterocycles. The lowest BCUT2D eigenvalue weighted by atomic mass is 10.0. The van der Waals surface area contributed by atoms with E-state index in [1.54, 1.807) is 0 Å². The molecule has 1 fully saturated rings. The van der Waals surface area contributed by atoms with Crippen LogP contribution in [0.4, 0.5) is 5.69 Å². The maximum absolute atomic E-state index is 9.49. The summed E-state index contributed by atoms with van der Waals surface area (Å²) in [4.78, 5) is 5.72. The van der Waals surface area contributed by atoms with Gasteiger partial charge in [0.15, 0.2) is 0 Å². The summed E-state index contributed by atoms with van der Waals surface area (Å²) in [5.74, 6) is 0.0260. The summed E-state index contributed by atoms with van der Waals surface area (Å²) in [5, 5.41) is 10.7. The normalized spacial score (nSPS) is 16.9. The average Bonchev–Trinajstić information content (AvgIpc) is 2.83. The number of aromatic nitrogens is 1. The first-order valence-electron chi connectivity index (χ1n) is 7.63. The first-order valence-corrected chi connectivity index (χ1v) is 7.63. The molecule has 0 radical (unpaired) electrons. The van der Waals surface area contributed by atoms with Crippen LogP contribution in [-0.2, 0) is 11.2 Å². The molecule has 1 aliphatic rings. The van der Waals surface area contributed by atoms with Gasteiger partial charge in [0.05, 0.1) is 19.3 Å². The molecular weight excluding hydrogens is 278 g/mol. The van der Waals surface area contributed by atoms with Gasteiger partial charge >= 0.3 is 0 Å². The minimum absolute atomic E-state index is 0.0260. The summed E-state index contributed by atoms with van der Waals surface area (Å²) in [7, 11) is 0. The van der Waals surface area contributed by atoms with E-state index in [0.717, 1.165) is 48.5 Å². The highest BCUT2D eigenvalue weighted by atomic mass is 16.5. The molecule has 4 N–H and O–H groups in total. The molecule has 0 bridgehead atoms. The second-order valence-corrected chi connectivity index (χ2v) is 5.86. The maximum Gasteiger partial charge on any atom is 0.102 e. The van der Waals surface area contributed by atoms with E-state index in [1.165, 1.54) is 5.69 Å². The van der Waals surface area contributed by atoms with Crippen LogP contribution in [0, 0.1) is 6.92 Å². The minimum Gasteiger partial charge on any atom is -0.511 e. The summed E-state index contributed by atoms with van der Waals surface area (Å²) < 4.78 is 5.41. The standard InChI is InChI=1S/C17H23N3O2/c1-11-14(10-16(18)12(2)21)15-9-13(3-4-17(15)19-11)20-5-7-22-8-6-20/h3-4,9,16,19,21H,2,5-8,10,18H2,1H3. The van der Waals surface area contributed by atoms with Crippen molar-refractivity contribution in [3.63, 3.8) is 0 Å². The van der Waals surface area contributed by atoms with Crippen LogP contribution in [0.1, 0.15) is 11.3 Å². The molecular formula is C17H23N3O2. The number of aliphatic hydroxyl groups is 1. The topological polar surface area (TPSA) is 74.5 Å². The summed E-state index contributed by atoms with van der Waals surface area (Å²) in [6.07, 6.45) is 0.577. The molecule has 1 atom stereocenters. The van der Waals surface area contributed by atoms with Crippen LogP contribution in [0.2, 0.25) is 0 Å². The number of hydrogen-bond acceptors (Lipinski definition) is 4. The molecule has 2 aromatic rings. The van der Waals surface area contributed by atoms with Crippen molar-refractivity contribution in [1.29, 1.82) is 0 Å². The van der Waals surface area contributed by atoms with Gasteiger partial charge in [0.2, 0.25) is 0 Å². The van der Waals surface area contributed by atoms with Gasteiger partial charge in [0, 0.05) is 35.4 Å². The van der Waals surface area contributed by atoms with Crippen molar-refractivity contribution in [2.24, 2.45) is 5.73 Å². The van der Waals surface area contributed by atoms with E-state index in [4.69, 9.17) is 10.5 Å². The van der Waals surface area contributed by atoms with Crippen molar-refractivity contribution in [3.8, 4) is 0 Å². The number of aromatic amines is 1. The molecule has 1 aromatic carbocycles. The number of anilines is 1. The minimum atomic E-state index is -0.440. The fourth-order valence-corrected chi connectivity index (χ4v) is 2.99. The molecule has 1 aromatic heterocycles. The molecule has 5 heteroatoms. The highest BCUT2D eigenvalue weighted by molar-refractivity contribution is 5.88. The monoisotopic (exact) mass is 301 g/mol. The number of rotatable bonds is 4. The number of aryl methyl sites for hydroxylation is 1. The van der Waals surface area contributed by atoms with Crippen molar-refractivity contribution in [2.75, 3.05) is 31.2 Å². The van der Waals surface area contributed by atoms with Crippen molar-refractivity contribution in [1.82, 2.24) is 4.98 Å². The van der Waals surface area contributed by atoms with Gasteiger partial charge in [-0.15, -0.1) is 0 Å². The Morgan fingerprint density at radius 1 is 1.45 bits per heavy atom. The quantitative estimate of drug-likeness (QED) is 0.757. The molecule has 118 valence electrons. The number of ether oxygens (including phenoxy) is 1. The zero-order valence-electron chi connectivity index (χ0n) is 12.9. The predicted molar refractivity (Wildman–Crippen MR) is 89.5 cm³/mol. The second-order valence-electron chi connectivity index (χ2n) is 5.86. The van der Waals surface area contributed by atoms with Crippen LogP contribution >= 0.6 is 0 Å². The van der Waals surface area contributed by atoms with Crippen LogP contribution in [0.3, 0.4) is 0 Å². The molecule has 0 spiro atoms. The Balaban J connectivity index is 1.96. The number of nitrogens with zero attached hydrogens (tertiary/aromatic N) is 1.